The maximum Gasteiger partial charge on any atom is 0.273 e. The Hall–Kier alpha value is -2.61. The van der Waals surface area contributed by atoms with Gasteiger partial charge in [-0.3, -0.25) is 14.8 Å². The zero-order valence-corrected chi connectivity index (χ0v) is 15.0. The molecule has 0 amide bonds. The summed E-state index contributed by atoms with van der Waals surface area (Å²) in [5.41, 5.74) is 1.01. The number of benzene rings is 2. The summed E-state index contributed by atoms with van der Waals surface area (Å²) in [5.74, 6) is 0.555. The molecule has 0 atom stereocenters. The highest BCUT2D eigenvalue weighted by atomic mass is 32.2. The number of non-ortho nitro benzene ring substituents is 1. The van der Waals surface area contributed by atoms with E-state index in [-0.39, 0.29) is 22.0 Å². The first kappa shape index (κ1) is 18.7. The molecule has 0 fully saturated rings. The Morgan fingerprint density at radius 3 is 2.32 bits per heavy atom. The molecule has 0 spiro atoms. The van der Waals surface area contributed by atoms with Gasteiger partial charge in [0.2, 0.25) is 0 Å². The molecular weight excluding hydrogens is 344 g/mol. The highest BCUT2D eigenvalue weighted by Gasteiger charge is 2.18. The number of anilines is 1. The van der Waals surface area contributed by atoms with Gasteiger partial charge in [0, 0.05) is 6.07 Å². The number of hydrogen-bond donors (Lipinski definition) is 1. The quantitative estimate of drug-likeness (QED) is 0.598. The number of ether oxygens (including phenoxy) is 1. The number of nitro groups is 1. The van der Waals surface area contributed by atoms with Crippen molar-refractivity contribution in [3.63, 3.8) is 0 Å². The summed E-state index contributed by atoms with van der Waals surface area (Å²) in [6, 6.07) is 10.3. The van der Waals surface area contributed by atoms with E-state index in [4.69, 9.17) is 4.74 Å². The lowest BCUT2D eigenvalue weighted by Crippen LogP contribution is -2.13. The van der Waals surface area contributed by atoms with Crippen LogP contribution in [0.4, 0.5) is 11.4 Å². The lowest BCUT2D eigenvalue weighted by atomic mass is 10.0. The van der Waals surface area contributed by atoms with Crippen molar-refractivity contribution in [2.75, 3.05) is 11.8 Å². The zero-order valence-electron chi connectivity index (χ0n) is 14.2. The molecule has 0 bridgehead atoms. The molecule has 0 saturated carbocycles. The predicted molar refractivity (Wildman–Crippen MR) is 95.4 cm³/mol. The Bertz CT molecular complexity index is 861. The standard InChI is InChI=1S/C17H20N2O5S/c1-12(2)10-13-4-7-15(8-5-13)25(22,23)18-16-9-6-14(19(20)21)11-17(16)24-3/h4-9,11-12,18H,10H2,1-3H3. The fraction of sp³-hybridized carbons (Fsp3) is 0.294. The maximum absolute atomic E-state index is 12.5. The van der Waals surface area contributed by atoms with Crippen LogP contribution in [0, 0.1) is 16.0 Å². The van der Waals surface area contributed by atoms with Crippen molar-refractivity contribution in [1.29, 1.82) is 0 Å². The monoisotopic (exact) mass is 364 g/mol. The van der Waals surface area contributed by atoms with Crippen LogP contribution in [0.25, 0.3) is 0 Å². The summed E-state index contributed by atoms with van der Waals surface area (Å²) in [6.45, 7) is 4.18. The van der Waals surface area contributed by atoms with E-state index in [0.29, 0.717) is 5.92 Å². The maximum atomic E-state index is 12.5. The molecule has 2 aromatic rings. The van der Waals surface area contributed by atoms with Gasteiger partial charge in [-0.25, -0.2) is 8.42 Å². The fourth-order valence-corrected chi connectivity index (χ4v) is 3.43. The topological polar surface area (TPSA) is 98.5 Å². The first-order chi connectivity index (χ1) is 11.7. The first-order valence-electron chi connectivity index (χ1n) is 7.67. The molecular formula is C17H20N2O5S. The van der Waals surface area contributed by atoms with Gasteiger partial charge >= 0.3 is 0 Å². The van der Waals surface area contributed by atoms with E-state index >= 15 is 0 Å². The minimum Gasteiger partial charge on any atom is -0.494 e. The minimum atomic E-state index is -3.82. The van der Waals surface area contributed by atoms with Crippen molar-refractivity contribution in [3.8, 4) is 5.75 Å². The number of sulfonamides is 1. The van der Waals surface area contributed by atoms with Crippen LogP contribution in [0.3, 0.4) is 0 Å². The molecule has 0 radical (unpaired) electrons. The molecule has 0 aliphatic heterocycles. The van der Waals surface area contributed by atoms with Gasteiger partial charge in [0.25, 0.3) is 15.7 Å². The second-order valence-electron chi connectivity index (χ2n) is 5.99. The van der Waals surface area contributed by atoms with Crippen molar-refractivity contribution >= 4 is 21.4 Å². The van der Waals surface area contributed by atoms with Gasteiger partial charge in [-0.2, -0.15) is 0 Å². The van der Waals surface area contributed by atoms with Crippen molar-refractivity contribution in [1.82, 2.24) is 0 Å². The summed E-state index contributed by atoms with van der Waals surface area (Å²) in [5, 5.41) is 10.8. The third kappa shape index (κ3) is 4.69. The van der Waals surface area contributed by atoms with Gasteiger partial charge in [0.15, 0.2) is 0 Å². The summed E-state index contributed by atoms with van der Waals surface area (Å²) < 4.78 is 32.5. The fourth-order valence-electron chi connectivity index (χ4n) is 2.36. The van der Waals surface area contributed by atoms with Gasteiger partial charge in [-0.1, -0.05) is 26.0 Å². The molecule has 0 unspecified atom stereocenters. The zero-order chi connectivity index (χ0) is 18.6. The summed E-state index contributed by atoms with van der Waals surface area (Å²) >= 11 is 0. The van der Waals surface area contributed by atoms with Crippen LogP contribution in [0.2, 0.25) is 0 Å². The van der Waals surface area contributed by atoms with Gasteiger partial charge in [0.05, 0.1) is 28.7 Å². The van der Waals surface area contributed by atoms with Gasteiger partial charge < -0.3 is 4.74 Å². The Kier molecular flexibility index (Phi) is 5.63. The molecule has 7 nitrogen and oxygen atoms in total. The van der Waals surface area contributed by atoms with Gasteiger partial charge in [-0.15, -0.1) is 0 Å². The first-order valence-corrected chi connectivity index (χ1v) is 9.15. The molecule has 1 N–H and O–H groups in total. The smallest absolute Gasteiger partial charge is 0.273 e. The Labute approximate surface area is 146 Å². The van der Waals surface area contributed by atoms with Crippen molar-refractivity contribution in [3.05, 3.63) is 58.1 Å². The lowest BCUT2D eigenvalue weighted by molar-refractivity contribution is -0.384. The molecule has 0 aromatic heterocycles. The van der Waals surface area contributed by atoms with Gasteiger partial charge in [-0.05, 0) is 36.1 Å². The minimum absolute atomic E-state index is 0.0780. The Morgan fingerprint density at radius 2 is 1.80 bits per heavy atom. The molecule has 0 saturated heterocycles. The number of nitro benzene ring substituents is 1. The third-order valence-corrected chi connectivity index (χ3v) is 4.90. The summed E-state index contributed by atoms with van der Waals surface area (Å²) in [4.78, 5) is 10.3. The number of nitrogens with zero attached hydrogens (tertiary/aromatic N) is 1. The van der Waals surface area contributed by atoms with E-state index in [0.717, 1.165) is 12.0 Å². The summed E-state index contributed by atoms with van der Waals surface area (Å²) in [7, 11) is -2.51. The molecule has 134 valence electrons. The van der Waals surface area contributed by atoms with E-state index in [1.54, 1.807) is 12.1 Å². The van der Waals surface area contributed by atoms with Crippen LogP contribution in [0.5, 0.6) is 5.75 Å². The Balaban J connectivity index is 2.28. The normalized spacial score (nSPS) is 11.4. The van der Waals surface area contributed by atoms with Crippen LogP contribution in [0.1, 0.15) is 19.4 Å². The number of hydrogen-bond acceptors (Lipinski definition) is 5. The molecule has 0 aliphatic carbocycles. The molecule has 0 aliphatic rings. The largest absolute Gasteiger partial charge is 0.494 e. The second-order valence-corrected chi connectivity index (χ2v) is 7.67. The third-order valence-electron chi connectivity index (χ3n) is 3.52. The Morgan fingerprint density at radius 1 is 1.16 bits per heavy atom. The predicted octanol–water partition coefficient (Wildman–Crippen LogP) is 3.60. The van der Waals surface area contributed by atoms with Crippen LogP contribution in [-0.4, -0.2) is 20.5 Å². The number of nitrogens with one attached hydrogen (secondary N) is 1. The SMILES string of the molecule is COc1cc([N+](=O)[O-])ccc1NS(=O)(=O)c1ccc(CC(C)C)cc1. The highest BCUT2D eigenvalue weighted by molar-refractivity contribution is 7.92. The summed E-state index contributed by atoms with van der Waals surface area (Å²) in [6.07, 6.45) is 0.865. The van der Waals surface area contributed by atoms with Crippen molar-refractivity contribution in [2.45, 2.75) is 25.2 Å². The van der Waals surface area contributed by atoms with Crippen LogP contribution in [-0.2, 0) is 16.4 Å². The van der Waals surface area contributed by atoms with Crippen LogP contribution < -0.4 is 9.46 Å². The van der Waals surface area contributed by atoms with E-state index < -0.39 is 14.9 Å². The van der Waals surface area contributed by atoms with E-state index in [2.05, 4.69) is 18.6 Å². The highest BCUT2D eigenvalue weighted by Crippen LogP contribution is 2.30. The van der Waals surface area contributed by atoms with E-state index in [9.17, 15) is 18.5 Å². The molecule has 2 rings (SSSR count). The number of methoxy groups -OCH3 is 1. The average molecular weight is 364 g/mol. The molecule has 2 aromatic carbocycles. The van der Waals surface area contributed by atoms with E-state index in [1.165, 1.54) is 37.4 Å². The van der Waals surface area contributed by atoms with Crippen LogP contribution >= 0.6 is 0 Å². The van der Waals surface area contributed by atoms with E-state index in [1.807, 2.05) is 0 Å². The second kappa shape index (κ2) is 7.52. The molecule has 25 heavy (non-hydrogen) atoms. The van der Waals surface area contributed by atoms with Gasteiger partial charge in [0.1, 0.15) is 5.75 Å². The van der Waals surface area contributed by atoms with Crippen molar-refractivity contribution < 1.29 is 18.1 Å². The average Bonchev–Trinajstić information content (AvgIpc) is 2.54. The molecule has 8 heteroatoms. The number of rotatable bonds is 7. The van der Waals surface area contributed by atoms with Crippen molar-refractivity contribution in [2.24, 2.45) is 5.92 Å². The van der Waals surface area contributed by atoms with Crippen LogP contribution in [0.15, 0.2) is 47.4 Å². The lowest BCUT2D eigenvalue weighted by Gasteiger charge is -2.12. The molecule has 0 heterocycles.